The normalized spacial score (nSPS) is 10.5. The molecule has 0 spiro atoms. The van der Waals surface area contributed by atoms with Crippen LogP contribution in [0, 0.1) is 0 Å². The highest BCUT2D eigenvalue weighted by molar-refractivity contribution is 6.31. The smallest absolute Gasteiger partial charge is 0.303 e. The van der Waals surface area contributed by atoms with Crippen molar-refractivity contribution in [2.75, 3.05) is 11.9 Å². The number of fused-ring (bicyclic) bond motifs is 1. The molecule has 0 aliphatic heterocycles. The lowest BCUT2D eigenvalue weighted by molar-refractivity contribution is -0.137. The van der Waals surface area contributed by atoms with Crippen LogP contribution in [0.5, 0.6) is 0 Å². The Hall–Kier alpha value is -1.88. The molecule has 0 fully saturated rings. The first kappa shape index (κ1) is 12.6. The summed E-state index contributed by atoms with van der Waals surface area (Å²) >= 11 is 5.89. The van der Waals surface area contributed by atoms with E-state index in [1.165, 1.54) is 6.33 Å². The summed E-state index contributed by atoms with van der Waals surface area (Å²) in [6.07, 6.45) is 2.15. The number of rotatable bonds is 5. The highest BCUT2D eigenvalue weighted by atomic mass is 35.5. The van der Waals surface area contributed by atoms with Crippen molar-refractivity contribution in [1.82, 2.24) is 9.97 Å². The number of benzene rings is 1. The molecule has 0 bridgehead atoms. The number of nitrogens with zero attached hydrogens (tertiary/aromatic N) is 2. The number of hydrogen-bond donors (Lipinski definition) is 2. The van der Waals surface area contributed by atoms with Crippen LogP contribution in [0.4, 0.5) is 5.82 Å². The first-order valence-electron chi connectivity index (χ1n) is 5.53. The molecule has 0 saturated carbocycles. The molecule has 0 unspecified atom stereocenters. The number of carbonyl (C=O) groups is 1. The predicted octanol–water partition coefficient (Wildman–Crippen LogP) is 2.56. The molecule has 0 amide bonds. The molecule has 5 nitrogen and oxygen atoms in total. The molecule has 1 heterocycles. The molecular formula is C12H12ClN3O2. The Bertz CT molecular complexity index is 574. The molecule has 0 aliphatic carbocycles. The van der Waals surface area contributed by atoms with Gasteiger partial charge in [-0.25, -0.2) is 9.97 Å². The van der Waals surface area contributed by atoms with Crippen LogP contribution in [-0.4, -0.2) is 27.6 Å². The third kappa shape index (κ3) is 3.07. The van der Waals surface area contributed by atoms with E-state index in [2.05, 4.69) is 15.3 Å². The van der Waals surface area contributed by atoms with Gasteiger partial charge in [-0.2, -0.15) is 0 Å². The summed E-state index contributed by atoms with van der Waals surface area (Å²) in [5.74, 6) is -0.0989. The SMILES string of the molecule is O=C(O)CCCNc1ncnc2cc(Cl)ccc12. The van der Waals surface area contributed by atoms with Crippen LogP contribution in [0.15, 0.2) is 24.5 Å². The number of nitrogens with one attached hydrogen (secondary N) is 1. The largest absolute Gasteiger partial charge is 0.481 e. The lowest BCUT2D eigenvalue weighted by Crippen LogP contribution is -2.06. The van der Waals surface area contributed by atoms with Crippen LogP contribution in [0.2, 0.25) is 5.02 Å². The van der Waals surface area contributed by atoms with Crippen molar-refractivity contribution in [1.29, 1.82) is 0 Å². The standard InChI is InChI=1S/C12H12ClN3O2/c13-8-3-4-9-10(6-8)15-7-16-12(9)14-5-1-2-11(17)18/h3-4,6-7H,1-2,5H2,(H,17,18)(H,14,15,16). The second-order valence-electron chi connectivity index (χ2n) is 3.81. The molecule has 18 heavy (non-hydrogen) atoms. The minimum Gasteiger partial charge on any atom is -0.481 e. The highest BCUT2D eigenvalue weighted by Gasteiger charge is 2.04. The molecule has 1 aromatic carbocycles. The van der Waals surface area contributed by atoms with Crippen LogP contribution >= 0.6 is 11.6 Å². The van der Waals surface area contributed by atoms with Gasteiger partial charge in [0, 0.05) is 23.4 Å². The lowest BCUT2D eigenvalue weighted by Gasteiger charge is -2.07. The van der Waals surface area contributed by atoms with Gasteiger partial charge in [0.2, 0.25) is 0 Å². The van der Waals surface area contributed by atoms with Gasteiger partial charge in [0.15, 0.2) is 0 Å². The summed E-state index contributed by atoms with van der Waals surface area (Å²) in [6.45, 7) is 0.557. The van der Waals surface area contributed by atoms with E-state index in [-0.39, 0.29) is 6.42 Å². The van der Waals surface area contributed by atoms with Crippen molar-refractivity contribution in [2.45, 2.75) is 12.8 Å². The average molecular weight is 266 g/mol. The summed E-state index contributed by atoms with van der Waals surface area (Å²) in [5, 5.41) is 13.1. The van der Waals surface area contributed by atoms with Crippen molar-refractivity contribution < 1.29 is 9.90 Å². The summed E-state index contributed by atoms with van der Waals surface area (Å²) in [6, 6.07) is 5.38. The van der Waals surface area contributed by atoms with E-state index in [0.717, 1.165) is 10.9 Å². The molecule has 0 saturated heterocycles. The van der Waals surface area contributed by atoms with Crippen molar-refractivity contribution in [3.8, 4) is 0 Å². The maximum atomic E-state index is 10.4. The maximum Gasteiger partial charge on any atom is 0.303 e. The van der Waals surface area contributed by atoms with E-state index in [9.17, 15) is 4.79 Å². The Labute approximate surface area is 109 Å². The van der Waals surface area contributed by atoms with Gasteiger partial charge >= 0.3 is 5.97 Å². The first-order valence-corrected chi connectivity index (χ1v) is 5.90. The molecular weight excluding hydrogens is 254 g/mol. The summed E-state index contributed by atoms with van der Waals surface area (Å²) in [5.41, 5.74) is 0.762. The van der Waals surface area contributed by atoms with Gasteiger partial charge in [-0.1, -0.05) is 11.6 Å². The fourth-order valence-corrected chi connectivity index (χ4v) is 1.78. The van der Waals surface area contributed by atoms with E-state index in [1.54, 1.807) is 12.1 Å². The minimum atomic E-state index is -0.795. The fourth-order valence-electron chi connectivity index (χ4n) is 1.62. The number of halogens is 1. The second kappa shape index (κ2) is 5.64. The van der Waals surface area contributed by atoms with Gasteiger partial charge in [-0.3, -0.25) is 4.79 Å². The van der Waals surface area contributed by atoms with Gasteiger partial charge in [0.25, 0.3) is 0 Å². The molecule has 2 rings (SSSR count). The minimum absolute atomic E-state index is 0.141. The zero-order valence-corrected chi connectivity index (χ0v) is 10.3. The van der Waals surface area contributed by atoms with Crippen molar-refractivity contribution >= 4 is 34.3 Å². The molecule has 1 aromatic heterocycles. The van der Waals surface area contributed by atoms with Crippen molar-refractivity contribution in [2.24, 2.45) is 0 Å². The van der Waals surface area contributed by atoms with Crippen LogP contribution in [0.1, 0.15) is 12.8 Å². The van der Waals surface area contributed by atoms with Crippen molar-refractivity contribution in [3.63, 3.8) is 0 Å². The Balaban J connectivity index is 2.11. The Kier molecular flexibility index (Phi) is 3.94. The number of carboxylic acids is 1. The fraction of sp³-hybridized carbons (Fsp3) is 0.250. The molecule has 2 aromatic rings. The highest BCUT2D eigenvalue weighted by Crippen LogP contribution is 2.22. The molecule has 0 atom stereocenters. The van der Waals surface area contributed by atoms with Gasteiger partial charge in [0.1, 0.15) is 12.1 Å². The Morgan fingerprint density at radius 1 is 1.39 bits per heavy atom. The second-order valence-corrected chi connectivity index (χ2v) is 4.24. The summed E-state index contributed by atoms with van der Waals surface area (Å²) in [4.78, 5) is 18.7. The van der Waals surface area contributed by atoms with E-state index >= 15 is 0 Å². The van der Waals surface area contributed by atoms with Crippen LogP contribution in [0.3, 0.4) is 0 Å². The third-order valence-electron chi connectivity index (χ3n) is 2.46. The number of hydrogen-bond acceptors (Lipinski definition) is 4. The van der Waals surface area contributed by atoms with Gasteiger partial charge in [0.05, 0.1) is 5.52 Å². The molecule has 94 valence electrons. The molecule has 0 aliphatic rings. The number of aliphatic carboxylic acids is 1. The number of carboxylic acid groups (broad SMARTS) is 1. The predicted molar refractivity (Wildman–Crippen MR) is 69.9 cm³/mol. The van der Waals surface area contributed by atoms with Crippen LogP contribution < -0.4 is 5.32 Å². The molecule has 0 radical (unpaired) electrons. The zero-order chi connectivity index (χ0) is 13.0. The quantitative estimate of drug-likeness (QED) is 0.813. The molecule has 6 heteroatoms. The van der Waals surface area contributed by atoms with E-state index < -0.39 is 5.97 Å². The van der Waals surface area contributed by atoms with Crippen molar-refractivity contribution in [3.05, 3.63) is 29.5 Å². The summed E-state index contributed by atoms with van der Waals surface area (Å²) in [7, 11) is 0. The maximum absolute atomic E-state index is 10.4. The summed E-state index contributed by atoms with van der Waals surface area (Å²) < 4.78 is 0. The van der Waals surface area contributed by atoms with Gasteiger partial charge < -0.3 is 10.4 Å². The zero-order valence-electron chi connectivity index (χ0n) is 9.56. The van der Waals surface area contributed by atoms with E-state index in [4.69, 9.17) is 16.7 Å². The Morgan fingerprint density at radius 3 is 3.00 bits per heavy atom. The number of aromatic nitrogens is 2. The number of anilines is 1. The lowest BCUT2D eigenvalue weighted by atomic mass is 10.2. The average Bonchev–Trinajstić information content (AvgIpc) is 2.34. The molecule has 2 N–H and O–H groups in total. The monoisotopic (exact) mass is 265 g/mol. The van der Waals surface area contributed by atoms with E-state index in [0.29, 0.717) is 23.8 Å². The van der Waals surface area contributed by atoms with Gasteiger partial charge in [-0.15, -0.1) is 0 Å². The topological polar surface area (TPSA) is 75.1 Å². The third-order valence-corrected chi connectivity index (χ3v) is 2.69. The van der Waals surface area contributed by atoms with Crippen LogP contribution in [0.25, 0.3) is 10.9 Å². The first-order chi connectivity index (χ1) is 8.66. The van der Waals surface area contributed by atoms with Crippen LogP contribution in [-0.2, 0) is 4.79 Å². The van der Waals surface area contributed by atoms with Gasteiger partial charge in [-0.05, 0) is 24.6 Å². The Morgan fingerprint density at radius 2 is 2.22 bits per heavy atom. The van der Waals surface area contributed by atoms with E-state index in [1.807, 2.05) is 6.07 Å².